The second-order valence-corrected chi connectivity index (χ2v) is 6.67. The molecule has 8 heteroatoms. The summed E-state index contributed by atoms with van der Waals surface area (Å²) in [5.41, 5.74) is 1.51. The third kappa shape index (κ3) is 7.00. The van der Waals surface area contributed by atoms with Gasteiger partial charge in [-0.05, 0) is 36.8 Å². The van der Waals surface area contributed by atoms with Gasteiger partial charge in [0, 0.05) is 18.7 Å². The van der Waals surface area contributed by atoms with Crippen LogP contribution in [0.2, 0.25) is 10.0 Å². The molecule has 0 aliphatic carbocycles. The quantitative estimate of drug-likeness (QED) is 0.593. The number of hydrogen-bond donors (Lipinski definition) is 3. The van der Waals surface area contributed by atoms with Crippen molar-refractivity contribution in [3.8, 4) is 5.75 Å². The van der Waals surface area contributed by atoms with Crippen molar-refractivity contribution in [2.75, 3.05) is 18.5 Å². The Hall–Kier alpha value is -2.44. The SMILES string of the molecule is CC(=O)Nc1cccc(OCCNC(=O)NC(C)c2ccc(Cl)c(Cl)c2)c1. The van der Waals surface area contributed by atoms with E-state index in [9.17, 15) is 9.59 Å². The maximum absolute atomic E-state index is 12.0. The number of halogens is 2. The number of amides is 3. The van der Waals surface area contributed by atoms with Gasteiger partial charge in [-0.1, -0.05) is 35.3 Å². The fraction of sp³-hybridized carbons (Fsp3) is 0.263. The molecule has 3 N–H and O–H groups in total. The van der Waals surface area contributed by atoms with Gasteiger partial charge in [0.1, 0.15) is 12.4 Å². The Kier molecular flexibility index (Phi) is 7.76. The average molecular weight is 410 g/mol. The molecule has 2 rings (SSSR count). The van der Waals surface area contributed by atoms with Crippen LogP contribution < -0.4 is 20.7 Å². The molecule has 6 nitrogen and oxygen atoms in total. The van der Waals surface area contributed by atoms with Crippen molar-refractivity contribution in [3.05, 3.63) is 58.1 Å². The smallest absolute Gasteiger partial charge is 0.315 e. The molecular formula is C19H21Cl2N3O3. The summed E-state index contributed by atoms with van der Waals surface area (Å²) in [6, 6.07) is 11.7. The third-order valence-corrected chi connectivity index (χ3v) is 4.34. The zero-order chi connectivity index (χ0) is 19.8. The van der Waals surface area contributed by atoms with Gasteiger partial charge in [-0.15, -0.1) is 0 Å². The Bertz CT molecular complexity index is 815. The van der Waals surface area contributed by atoms with Gasteiger partial charge in [0.25, 0.3) is 0 Å². The van der Waals surface area contributed by atoms with Gasteiger partial charge in [-0.3, -0.25) is 4.79 Å². The number of carbonyl (C=O) groups excluding carboxylic acids is 2. The molecule has 0 radical (unpaired) electrons. The first-order chi connectivity index (χ1) is 12.8. The molecule has 27 heavy (non-hydrogen) atoms. The molecule has 3 amide bonds. The van der Waals surface area contributed by atoms with Crippen LogP contribution in [-0.4, -0.2) is 25.1 Å². The van der Waals surface area contributed by atoms with Crippen LogP contribution in [-0.2, 0) is 4.79 Å². The van der Waals surface area contributed by atoms with E-state index in [2.05, 4.69) is 16.0 Å². The van der Waals surface area contributed by atoms with Crippen molar-refractivity contribution < 1.29 is 14.3 Å². The van der Waals surface area contributed by atoms with Gasteiger partial charge in [0.2, 0.25) is 5.91 Å². The van der Waals surface area contributed by atoms with Gasteiger partial charge in [0.05, 0.1) is 22.6 Å². The first-order valence-corrected chi connectivity index (χ1v) is 9.10. The Morgan fingerprint density at radius 1 is 1.11 bits per heavy atom. The lowest BCUT2D eigenvalue weighted by Gasteiger charge is -2.16. The summed E-state index contributed by atoms with van der Waals surface area (Å²) in [6.45, 7) is 3.90. The van der Waals surface area contributed by atoms with Crippen molar-refractivity contribution in [1.82, 2.24) is 10.6 Å². The molecule has 144 valence electrons. The van der Waals surface area contributed by atoms with Crippen molar-refractivity contribution in [1.29, 1.82) is 0 Å². The Labute approximate surface area is 168 Å². The predicted octanol–water partition coefficient (Wildman–Crippen LogP) is 4.39. The zero-order valence-electron chi connectivity index (χ0n) is 15.0. The van der Waals surface area contributed by atoms with Crippen molar-refractivity contribution in [3.63, 3.8) is 0 Å². The lowest BCUT2D eigenvalue weighted by Crippen LogP contribution is -2.39. The summed E-state index contributed by atoms with van der Waals surface area (Å²) in [7, 11) is 0. The van der Waals surface area contributed by atoms with Crippen LogP contribution in [0.3, 0.4) is 0 Å². The lowest BCUT2D eigenvalue weighted by atomic mass is 10.1. The highest BCUT2D eigenvalue weighted by atomic mass is 35.5. The number of ether oxygens (including phenoxy) is 1. The standard InChI is InChI=1S/C19H21Cl2N3O3/c1-12(14-6-7-17(20)18(21)10-14)23-19(26)22-8-9-27-16-5-3-4-15(11-16)24-13(2)25/h3-7,10-12H,8-9H2,1-2H3,(H,24,25)(H2,22,23,26). The van der Waals surface area contributed by atoms with Crippen LogP contribution in [0.1, 0.15) is 25.5 Å². The fourth-order valence-electron chi connectivity index (χ4n) is 2.31. The zero-order valence-corrected chi connectivity index (χ0v) is 16.5. The first kappa shape index (κ1) is 20.9. The molecule has 0 fully saturated rings. The summed E-state index contributed by atoms with van der Waals surface area (Å²) >= 11 is 11.9. The average Bonchev–Trinajstić information content (AvgIpc) is 2.61. The maximum Gasteiger partial charge on any atom is 0.315 e. The largest absolute Gasteiger partial charge is 0.492 e. The number of hydrogen-bond acceptors (Lipinski definition) is 3. The normalized spacial score (nSPS) is 11.4. The van der Waals surface area contributed by atoms with Gasteiger partial charge in [0.15, 0.2) is 0 Å². The van der Waals surface area contributed by atoms with Crippen LogP contribution in [0.25, 0.3) is 0 Å². The third-order valence-electron chi connectivity index (χ3n) is 3.60. The van der Waals surface area contributed by atoms with Crippen molar-refractivity contribution in [2.45, 2.75) is 19.9 Å². The number of urea groups is 1. The van der Waals surface area contributed by atoms with Crippen LogP contribution in [0.4, 0.5) is 10.5 Å². The van der Waals surface area contributed by atoms with Crippen LogP contribution in [0, 0.1) is 0 Å². The summed E-state index contributed by atoms with van der Waals surface area (Å²) in [4.78, 5) is 23.0. The Balaban J connectivity index is 1.74. The summed E-state index contributed by atoms with van der Waals surface area (Å²) in [5.74, 6) is 0.453. The van der Waals surface area contributed by atoms with Crippen LogP contribution in [0.5, 0.6) is 5.75 Å². The molecule has 0 aliphatic rings. The van der Waals surface area contributed by atoms with E-state index in [1.54, 1.807) is 36.4 Å². The van der Waals surface area contributed by atoms with E-state index in [1.165, 1.54) is 6.92 Å². The van der Waals surface area contributed by atoms with Crippen molar-refractivity contribution >= 4 is 40.8 Å². The van der Waals surface area contributed by atoms with E-state index in [0.717, 1.165) is 5.56 Å². The topological polar surface area (TPSA) is 79.5 Å². The van der Waals surface area contributed by atoms with Gasteiger partial charge in [-0.2, -0.15) is 0 Å². The molecule has 0 aromatic heterocycles. The summed E-state index contributed by atoms with van der Waals surface area (Å²) in [5, 5.41) is 9.13. The van der Waals surface area contributed by atoms with Crippen LogP contribution in [0.15, 0.2) is 42.5 Å². The number of anilines is 1. The van der Waals surface area contributed by atoms with E-state index >= 15 is 0 Å². The summed E-state index contributed by atoms with van der Waals surface area (Å²) in [6.07, 6.45) is 0. The second kappa shape index (κ2) is 10.0. The van der Waals surface area contributed by atoms with E-state index in [4.69, 9.17) is 27.9 Å². The number of carbonyl (C=O) groups is 2. The monoisotopic (exact) mass is 409 g/mol. The fourth-order valence-corrected chi connectivity index (χ4v) is 2.62. The molecule has 2 aromatic carbocycles. The highest BCUT2D eigenvalue weighted by Crippen LogP contribution is 2.25. The highest BCUT2D eigenvalue weighted by molar-refractivity contribution is 6.42. The van der Waals surface area contributed by atoms with Crippen LogP contribution >= 0.6 is 23.2 Å². The molecular weight excluding hydrogens is 389 g/mol. The highest BCUT2D eigenvalue weighted by Gasteiger charge is 2.10. The Morgan fingerprint density at radius 3 is 2.59 bits per heavy atom. The molecule has 0 bridgehead atoms. The number of nitrogens with one attached hydrogen (secondary N) is 3. The molecule has 0 spiro atoms. The maximum atomic E-state index is 12.0. The van der Waals surface area contributed by atoms with Crippen molar-refractivity contribution in [2.24, 2.45) is 0 Å². The second-order valence-electron chi connectivity index (χ2n) is 5.85. The van der Waals surface area contributed by atoms with E-state index < -0.39 is 0 Å². The van der Waals surface area contributed by atoms with Gasteiger partial charge in [-0.25, -0.2) is 4.79 Å². The minimum atomic E-state index is -0.316. The Morgan fingerprint density at radius 2 is 1.89 bits per heavy atom. The molecule has 0 aliphatic heterocycles. The molecule has 1 unspecified atom stereocenters. The molecule has 1 atom stereocenters. The van der Waals surface area contributed by atoms with E-state index in [0.29, 0.717) is 28.0 Å². The van der Waals surface area contributed by atoms with Gasteiger partial charge < -0.3 is 20.7 Å². The predicted molar refractivity (Wildman–Crippen MR) is 108 cm³/mol. The van der Waals surface area contributed by atoms with E-state index in [1.807, 2.05) is 13.0 Å². The number of rotatable bonds is 7. The molecule has 2 aromatic rings. The number of benzene rings is 2. The molecule has 0 saturated carbocycles. The minimum Gasteiger partial charge on any atom is -0.492 e. The first-order valence-electron chi connectivity index (χ1n) is 8.35. The van der Waals surface area contributed by atoms with E-state index in [-0.39, 0.29) is 24.6 Å². The van der Waals surface area contributed by atoms with Gasteiger partial charge >= 0.3 is 6.03 Å². The molecule has 0 saturated heterocycles. The lowest BCUT2D eigenvalue weighted by molar-refractivity contribution is -0.114. The summed E-state index contributed by atoms with van der Waals surface area (Å²) < 4.78 is 5.57. The molecule has 0 heterocycles. The minimum absolute atomic E-state index is 0.151.